The van der Waals surface area contributed by atoms with Gasteiger partial charge in [0.15, 0.2) is 5.16 Å². The summed E-state index contributed by atoms with van der Waals surface area (Å²) in [6, 6.07) is 9.33. The number of benzene rings is 1. The van der Waals surface area contributed by atoms with Gasteiger partial charge in [0.2, 0.25) is 11.8 Å². The van der Waals surface area contributed by atoms with Crippen molar-refractivity contribution < 1.29 is 14.3 Å². The maximum absolute atomic E-state index is 12.1. The first kappa shape index (κ1) is 16.1. The highest BCUT2D eigenvalue weighted by Crippen LogP contribution is 2.20. The minimum Gasteiger partial charge on any atom is -0.481 e. The third kappa shape index (κ3) is 3.74. The average Bonchev–Trinajstić information content (AvgIpc) is 3.02. The third-order valence-electron chi connectivity index (χ3n) is 3.05. The summed E-state index contributed by atoms with van der Waals surface area (Å²) in [6.07, 6.45) is 0. The molecular weight excluding hydrogens is 330 g/mol. The van der Waals surface area contributed by atoms with E-state index in [4.69, 9.17) is 9.47 Å². The molecule has 9 heteroatoms. The monoisotopic (exact) mass is 345 g/mol. The fraction of sp³-hybridized carbons (Fsp3) is 0.200. The minimum absolute atomic E-state index is 0.120. The SMILES string of the molecule is COc1cc(NC(=O)CSc2nc3ccccc3[nH]2)nc(OC)n1. The number of fused-ring (bicyclic) bond motifs is 1. The Bertz CT molecular complexity index is 812. The number of aromatic amines is 1. The molecule has 2 heterocycles. The number of anilines is 1. The molecule has 124 valence electrons. The molecule has 3 aromatic rings. The lowest BCUT2D eigenvalue weighted by Gasteiger charge is -2.07. The molecule has 0 aliphatic carbocycles. The summed E-state index contributed by atoms with van der Waals surface area (Å²) in [6.45, 7) is 0. The van der Waals surface area contributed by atoms with Crippen LogP contribution in [-0.2, 0) is 4.79 Å². The molecule has 3 rings (SSSR count). The Balaban J connectivity index is 1.63. The predicted molar refractivity (Wildman–Crippen MR) is 90.6 cm³/mol. The normalized spacial score (nSPS) is 10.6. The van der Waals surface area contributed by atoms with Crippen LogP contribution < -0.4 is 14.8 Å². The van der Waals surface area contributed by atoms with Gasteiger partial charge in [-0.3, -0.25) is 4.79 Å². The number of rotatable bonds is 6. The maximum atomic E-state index is 12.1. The van der Waals surface area contributed by atoms with E-state index in [1.165, 1.54) is 32.0 Å². The highest BCUT2D eigenvalue weighted by Gasteiger charge is 2.10. The van der Waals surface area contributed by atoms with Gasteiger partial charge >= 0.3 is 6.01 Å². The van der Waals surface area contributed by atoms with Crippen LogP contribution in [0.15, 0.2) is 35.5 Å². The van der Waals surface area contributed by atoms with Gasteiger partial charge in [-0.2, -0.15) is 9.97 Å². The zero-order chi connectivity index (χ0) is 16.9. The van der Waals surface area contributed by atoms with Crippen LogP contribution in [0.5, 0.6) is 11.9 Å². The Hall–Kier alpha value is -2.81. The van der Waals surface area contributed by atoms with E-state index >= 15 is 0 Å². The fourth-order valence-corrected chi connectivity index (χ4v) is 2.66. The number of ether oxygens (including phenoxy) is 2. The van der Waals surface area contributed by atoms with Crippen molar-refractivity contribution in [2.24, 2.45) is 0 Å². The third-order valence-corrected chi connectivity index (χ3v) is 3.92. The summed E-state index contributed by atoms with van der Waals surface area (Å²) < 4.78 is 10.0. The second-order valence-electron chi connectivity index (χ2n) is 4.68. The van der Waals surface area contributed by atoms with Crippen molar-refractivity contribution in [2.45, 2.75) is 5.16 Å². The van der Waals surface area contributed by atoms with E-state index in [1.54, 1.807) is 0 Å². The van der Waals surface area contributed by atoms with E-state index in [0.29, 0.717) is 16.9 Å². The molecule has 0 saturated carbocycles. The highest BCUT2D eigenvalue weighted by molar-refractivity contribution is 7.99. The Morgan fingerprint density at radius 3 is 2.79 bits per heavy atom. The van der Waals surface area contributed by atoms with Crippen molar-refractivity contribution in [1.82, 2.24) is 19.9 Å². The smallest absolute Gasteiger partial charge is 0.321 e. The number of carbonyl (C=O) groups excluding carboxylic acids is 1. The van der Waals surface area contributed by atoms with Crippen LogP contribution in [0, 0.1) is 0 Å². The van der Waals surface area contributed by atoms with Crippen molar-refractivity contribution >= 4 is 34.5 Å². The zero-order valence-electron chi connectivity index (χ0n) is 13.1. The topological polar surface area (TPSA) is 102 Å². The van der Waals surface area contributed by atoms with Crippen molar-refractivity contribution in [3.8, 4) is 11.9 Å². The second kappa shape index (κ2) is 7.18. The number of H-pyrrole nitrogens is 1. The zero-order valence-corrected chi connectivity index (χ0v) is 13.9. The number of amides is 1. The van der Waals surface area contributed by atoms with Gasteiger partial charge in [0.05, 0.1) is 31.0 Å². The number of aromatic nitrogens is 4. The summed E-state index contributed by atoms with van der Waals surface area (Å²) in [4.78, 5) is 27.7. The van der Waals surface area contributed by atoms with Crippen LogP contribution in [0.3, 0.4) is 0 Å². The lowest BCUT2D eigenvalue weighted by molar-refractivity contribution is -0.113. The van der Waals surface area contributed by atoms with Gasteiger partial charge < -0.3 is 19.8 Å². The van der Waals surface area contributed by atoms with E-state index in [2.05, 4.69) is 25.3 Å². The summed E-state index contributed by atoms with van der Waals surface area (Å²) in [5.74, 6) is 0.591. The van der Waals surface area contributed by atoms with Crippen molar-refractivity contribution in [3.63, 3.8) is 0 Å². The molecule has 1 aromatic carbocycles. The first-order valence-electron chi connectivity index (χ1n) is 7.02. The molecule has 2 N–H and O–H groups in total. The van der Waals surface area contributed by atoms with Gasteiger partial charge in [-0.15, -0.1) is 0 Å². The number of nitrogens with one attached hydrogen (secondary N) is 2. The molecule has 0 saturated heterocycles. The molecule has 0 aliphatic rings. The standard InChI is InChI=1S/C15H15N5O3S/c1-22-13-7-11(19-14(20-13)23-2)18-12(21)8-24-15-16-9-5-3-4-6-10(9)17-15/h3-7H,8H2,1-2H3,(H,16,17)(H,18,19,20,21). The number of hydrogen-bond acceptors (Lipinski definition) is 7. The number of nitrogens with zero attached hydrogens (tertiary/aromatic N) is 3. The quantitative estimate of drug-likeness (QED) is 0.660. The first-order valence-corrected chi connectivity index (χ1v) is 8.01. The summed E-state index contributed by atoms with van der Waals surface area (Å²) in [5, 5.41) is 3.37. The van der Waals surface area contributed by atoms with Crippen molar-refractivity contribution in [2.75, 3.05) is 25.3 Å². The number of imidazole rings is 1. The van der Waals surface area contributed by atoms with E-state index in [-0.39, 0.29) is 17.7 Å². The molecule has 0 unspecified atom stereocenters. The second-order valence-corrected chi connectivity index (χ2v) is 5.64. The molecule has 0 fully saturated rings. The highest BCUT2D eigenvalue weighted by atomic mass is 32.2. The maximum Gasteiger partial charge on any atom is 0.321 e. The van der Waals surface area contributed by atoms with Crippen LogP contribution in [0.2, 0.25) is 0 Å². The summed E-state index contributed by atoms with van der Waals surface area (Å²) >= 11 is 1.31. The first-order chi connectivity index (χ1) is 11.7. The number of para-hydroxylation sites is 2. The molecule has 0 atom stereocenters. The largest absolute Gasteiger partial charge is 0.481 e. The van der Waals surface area contributed by atoms with Gasteiger partial charge in [0.1, 0.15) is 5.82 Å². The van der Waals surface area contributed by atoms with Gasteiger partial charge in [0.25, 0.3) is 0 Å². The predicted octanol–water partition coefficient (Wildman–Crippen LogP) is 2.10. The summed E-state index contributed by atoms with van der Waals surface area (Å²) in [5.41, 5.74) is 1.80. The van der Waals surface area contributed by atoms with Crippen LogP contribution in [-0.4, -0.2) is 45.8 Å². The molecule has 0 spiro atoms. The Morgan fingerprint density at radius 2 is 2.04 bits per heavy atom. The van der Waals surface area contributed by atoms with Gasteiger partial charge in [-0.25, -0.2) is 4.98 Å². The van der Waals surface area contributed by atoms with E-state index in [0.717, 1.165) is 11.0 Å². The Morgan fingerprint density at radius 1 is 1.21 bits per heavy atom. The van der Waals surface area contributed by atoms with Gasteiger partial charge in [-0.1, -0.05) is 23.9 Å². The Labute approximate surface area is 142 Å². The number of carbonyl (C=O) groups is 1. The van der Waals surface area contributed by atoms with Gasteiger partial charge in [0, 0.05) is 6.07 Å². The van der Waals surface area contributed by atoms with Gasteiger partial charge in [-0.05, 0) is 12.1 Å². The number of methoxy groups -OCH3 is 2. The minimum atomic E-state index is -0.219. The number of thioether (sulfide) groups is 1. The molecule has 2 aromatic heterocycles. The molecule has 0 aliphatic heterocycles. The average molecular weight is 345 g/mol. The van der Waals surface area contributed by atoms with E-state index < -0.39 is 0 Å². The molecule has 24 heavy (non-hydrogen) atoms. The van der Waals surface area contributed by atoms with Crippen LogP contribution in [0.4, 0.5) is 5.82 Å². The summed E-state index contributed by atoms with van der Waals surface area (Å²) in [7, 11) is 2.92. The van der Waals surface area contributed by atoms with E-state index in [9.17, 15) is 4.79 Å². The number of hydrogen-bond donors (Lipinski definition) is 2. The van der Waals surface area contributed by atoms with Crippen molar-refractivity contribution in [1.29, 1.82) is 0 Å². The Kier molecular flexibility index (Phi) is 4.80. The fourth-order valence-electron chi connectivity index (χ4n) is 1.97. The van der Waals surface area contributed by atoms with Crippen LogP contribution in [0.25, 0.3) is 11.0 Å². The lowest BCUT2D eigenvalue weighted by atomic mass is 10.3. The molecule has 0 radical (unpaired) electrons. The molecule has 0 bridgehead atoms. The van der Waals surface area contributed by atoms with Crippen LogP contribution in [0.1, 0.15) is 0 Å². The van der Waals surface area contributed by atoms with E-state index in [1.807, 2.05) is 24.3 Å². The molecular formula is C15H15N5O3S. The molecule has 1 amide bonds. The van der Waals surface area contributed by atoms with Crippen molar-refractivity contribution in [3.05, 3.63) is 30.3 Å². The lowest BCUT2D eigenvalue weighted by Crippen LogP contribution is -2.15. The van der Waals surface area contributed by atoms with Crippen LogP contribution >= 0.6 is 11.8 Å². The molecule has 8 nitrogen and oxygen atoms in total.